The minimum Gasteiger partial charge on any atom is -0.479 e. The summed E-state index contributed by atoms with van der Waals surface area (Å²) < 4.78 is 38.3. The van der Waals surface area contributed by atoms with E-state index in [1.54, 1.807) is 5.32 Å². The second-order valence-corrected chi connectivity index (χ2v) is 5.73. The van der Waals surface area contributed by atoms with Gasteiger partial charge in [-0.2, -0.15) is 13.2 Å². The van der Waals surface area contributed by atoms with Crippen LogP contribution < -0.4 is 10.6 Å². The number of halogens is 3. The highest BCUT2D eigenvalue weighted by Crippen LogP contribution is 2.44. The molecule has 20 heavy (non-hydrogen) atoms. The van der Waals surface area contributed by atoms with Crippen LogP contribution in [0.2, 0.25) is 0 Å². The number of hydrogen-bond acceptors (Lipinski definition) is 2. The van der Waals surface area contributed by atoms with Crippen molar-refractivity contribution in [1.82, 2.24) is 10.6 Å². The van der Waals surface area contributed by atoms with Crippen molar-refractivity contribution in [2.24, 2.45) is 11.8 Å². The zero-order valence-electron chi connectivity index (χ0n) is 11.0. The van der Waals surface area contributed by atoms with Crippen LogP contribution >= 0.6 is 0 Å². The largest absolute Gasteiger partial charge is 0.479 e. The van der Waals surface area contributed by atoms with Gasteiger partial charge in [-0.15, -0.1) is 0 Å². The molecule has 0 heterocycles. The van der Waals surface area contributed by atoms with E-state index in [1.807, 2.05) is 0 Å². The predicted molar refractivity (Wildman–Crippen MR) is 63.0 cm³/mol. The fraction of sp³-hybridized carbons (Fsp3) is 0.833. The summed E-state index contributed by atoms with van der Waals surface area (Å²) in [4.78, 5) is 22.5. The fourth-order valence-electron chi connectivity index (χ4n) is 2.19. The van der Waals surface area contributed by atoms with Gasteiger partial charge in [-0.05, 0) is 44.4 Å². The summed E-state index contributed by atoms with van der Waals surface area (Å²) in [6, 6.07) is -1.21. The van der Waals surface area contributed by atoms with E-state index in [0.29, 0.717) is 18.8 Å². The van der Waals surface area contributed by atoms with Crippen molar-refractivity contribution in [3.8, 4) is 0 Å². The third-order valence-electron chi connectivity index (χ3n) is 3.92. The van der Waals surface area contributed by atoms with Crippen LogP contribution in [-0.2, 0) is 4.79 Å². The van der Waals surface area contributed by atoms with Crippen molar-refractivity contribution in [1.29, 1.82) is 0 Å². The Kier molecular flexibility index (Phi) is 3.60. The minimum absolute atomic E-state index is 0.138. The number of amides is 2. The molecule has 8 heteroatoms. The van der Waals surface area contributed by atoms with Gasteiger partial charge >= 0.3 is 18.2 Å². The number of alkyl halides is 3. The molecule has 2 amide bonds. The SMILES string of the molecule is CC(NC(=O)NC(C1CC1)C1CC1)(C(=O)O)C(F)(F)F. The highest BCUT2D eigenvalue weighted by molar-refractivity contribution is 5.86. The van der Waals surface area contributed by atoms with Crippen LogP contribution in [-0.4, -0.2) is 34.9 Å². The number of carbonyl (C=O) groups excluding carboxylic acids is 1. The molecular formula is C12H17F3N2O3. The van der Waals surface area contributed by atoms with Crippen molar-refractivity contribution in [3.63, 3.8) is 0 Å². The number of nitrogens with one attached hydrogen (secondary N) is 2. The number of carbonyl (C=O) groups is 2. The molecule has 0 aromatic heterocycles. The molecule has 2 fully saturated rings. The van der Waals surface area contributed by atoms with Crippen LogP contribution in [0.15, 0.2) is 0 Å². The van der Waals surface area contributed by atoms with E-state index in [4.69, 9.17) is 5.11 Å². The summed E-state index contributed by atoms with van der Waals surface area (Å²) in [5.74, 6) is -1.50. The van der Waals surface area contributed by atoms with Crippen LogP contribution in [0.1, 0.15) is 32.6 Å². The van der Waals surface area contributed by atoms with Gasteiger partial charge in [0.05, 0.1) is 0 Å². The Morgan fingerprint density at radius 1 is 1.15 bits per heavy atom. The number of urea groups is 1. The Morgan fingerprint density at radius 3 is 1.90 bits per heavy atom. The van der Waals surface area contributed by atoms with E-state index in [1.165, 1.54) is 0 Å². The van der Waals surface area contributed by atoms with Gasteiger partial charge in [0, 0.05) is 6.04 Å². The number of carboxylic acids is 1. The molecule has 0 aromatic rings. The average Bonchev–Trinajstić information content (AvgIpc) is 3.14. The van der Waals surface area contributed by atoms with Crippen LogP contribution in [0.4, 0.5) is 18.0 Å². The number of rotatable bonds is 5. The summed E-state index contributed by atoms with van der Waals surface area (Å²) in [5, 5.41) is 12.8. The Labute approximate surface area is 113 Å². The molecular weight excluding hydrogens is 277 g/mol. The first-order chi connectivity index (χ1) is 9.15. The third-order valence-corrected chi connectivity index (χ3v) is 3.92. The Bertz CT molecular complexity index is 407. The second kappa shape index (κ2) is 4.82. The first-order valence-corrected chi connectivity index (χ1v) is 6.54. The lowest BCUT2D eigenvalue weighted by atomic mass is 10.0. The quantitative estimate of drug-likeness (QED) is 0.724. The van der Waals surface area contributed by atoms with E-state index in [2.05, 4.69) is 5.32 Å². The molecule has 2 aliphatic carbocycles. The minimum atomic E-state index is -5.06. The maximum Gasteiger partial charge on any atom is 0.422 e. The summed E-state index contributed by atoms with van der Waals surface area (Å²) in [6.07, 6.45) is -1.24. The molecule has 2 saturated carbocycles. The predicted octanol–water partition coefficient (Wildman–Crippen LogP) is 1.88. The van der Waals surface area contributed by atoms with Gasteiger partial charge in [0.25, 0.3) is 0 Å². The Hall–Kier alpha value is -1.47. The molecule has 1 unspecified atom stereocenters. The molecule has 2 aliphatic rings. The second-order valence-electron chi connectivity index (χ2n) is 5.73. The summed E-state index contributed by atoms with van der Waals surface area (Å²) in [6.45, 7) is 0.443. The number of hydrogen-bond donors (Lipinski definition) is 3. The van der Waals surface area contributed by atoms with Gasteiger partial charge in [-0.25, -0.2) is 9.59 Å². The monoisotopic (exact) mass is 294 g/mol. The van der Waals surface area contributed by atoms with E-state index in [9.17, 15) is 22.8 Å². The molecule has 0 radical (unpaired) electrons. The molecule has 0 aromatic carbocycles. The van der Waals surface area contributed by atoms with Crippen molar-refractivity contribution >= 4 is 12.0 Å². The standard InChI is InChI=1S/C12H17F3N2O3/c1-11(9(18)19,12(13,14)15)17-10(20)16-8(6-2-3-6)7-4-5-7/h6-8H,2-5H2,1H3,(H,18,19)(H2,16,17,20). The summed E-state index contributed by atoms with van der Waals surface area (Å²) >= 11 is 0. The maximum absolute atomic E-state index is 12.8. The molecule has 3 N–H and O–H groups in total. The molecule has 2 rings (SSSR count). The van der Waals surface area contributed by atoms with Crippen LogP contribution in [0.5, 0.6) is 0 Å². The Balaban J connectivity index is 1.99. The number of carboxylic acid groups (broad SMARTS) is 1. The van der Waals surface area contributed by atoms with Gasteiger partial charge in [0.15, 0.2) is 0 Å². The summed E-state index contributed by atoms with van der Waals surface area (Å²) in [5.41, 5.74) is -3.28. The molecule has 0 spiro atoms. The van der Waals surface area contributed by atoms with Gasteiger partial charge < -0.3 is 15.7 Å². The molecule has 1 atom stereocenters. The molecule has 0 bridgehead atoms. The molecule has 114 valence electrons. The lowest BCUT2D eigenvalue weighted by molar-refractivity contribution is -0.203. The van der Waals surface area contributed by atoms with Crippen LogP contribution in [0.3, 0.4) is 0 Å². The van der Waals surface area contributed by atoms with Crippen molar-refractivity contribution in [2.75, 3.05) is 0 Å². The van der Waals surface area contributed by atoms with Crippen LogP contribution in [0, 0.1) is 11.8 Å². The third kappa shape index (κ3) is 2.99. The lowest BCUT2D eigenvalue weighted by Crippen LogP contribution is -2.64. The zero-order chi connectivity index (χ0) is 15.1. The first-order valence-electron chi connectivity index (χ1n) is 6.54. The fourth-order valence-corrected chi connectivity index (χ4v) is 2.19. The van der Waals surface area contributed by atoms with E-state index in [0.717, 1.165) is 25.7 Å². The highest BCUT2D eigenvalue weighted by Gasteiger charge is 2.58. The highest BCUT2D eigenvalue weighted by atomic mass is 19.4. The van der Waals surface area contributed by atoms with Gasteiger partial charge in [0.1, 0.15) is 0 Å². The summed E-state index contributed by atoms with van der Waals surface area (Å²) in [7, 11) is 0. The number of aliphatic carboxylic acids is 1. The lowest BCUT2D eigenvalue weighted by Gasteiger charge is -2.29. The first kappa shape index (κ1) is 14.9. The van der Waals surface area contributed by atoms with Gasteiger partial charge in [0.2, 0.25) is 5.54 Å². The normalized spacial score (nSPS) is 22.2. The molecule has 0 aliphatic heterocycles. The Morgan fingerprint density at radius 2 is 1.60 bits per heavy atom. The van der Waals surface area contributed by atoms with E-state index < -0.39 is 23.7 Å². The van der Waals surface area contributed by atoms with Gasteiger partial charge in [-0.3, -0.25) is 0 Å². The van der Waals surface area contributed by atoms with Gasteiger partial charge in [-0.1, -0.05) is 0 Å². The molecule has 5 nitrogen and oxygen atoms in total. The average molecular weight is 294 g/mol. The van der Waals surface area contributed by atoms with Crippen LogP contribution in [0.25, 0.3) is 0 Å². The maximum atomic E-state index is 12.8. The van der Waals surface area contributed by atoms with Crippen molar-refractivity contribution in [2.45, 2.75) is 50.4 Å². The van der Waals surface area contributed by atoms with E-state index >= 15 is 0 Å². The smallest absolute Gasteiger partial charge is 0.422 e. The van der Waals surface area contributed by atoms with Crippen molar-refractivity contribution < 1.29 is 27.9 Å². The topological polar surface area (TPSA) is 78.4 Å². The zero-order valence-corrected chi connectivity index (χ0v) is 11.0. The van der Waals surface area contributed by atoms with E-state index in [-0.39, 0.29) is 6.04 Å². The molecule has 0 saturated heterocycles. The van der Waals surface area contributed by atoms with Crippen molar-refractivity contribution in [3.05, 3.63) is 0 Å².